The van der Waals surface area contributed by atoms with Gasteiger partial charge in [0.2, 0.25) is 11.8 Å². The van der Waals surface area contributed by atoms with Crippen LogP contribution >= 0.6 is 0 Å². The number of benzene rings is 1. The van der Waals surface area contributed by atoms with Crippen molar-refractivity contribution in [2.75, 3.05) is 26.7 Å². The van der Waals surface area contributed by atoms with Crippen molar-refractivity contribution in [1.82, 2.24) is 9.80 Å². The van der Waals surface area contributed by atoms with Crippen LogP contribution in [0.1, 0.15) is 24.0 Å². The predicted molar refractivity (Wildman–Crippen MR) is 81.5 cm³/mol. The van der Waals surface area contributed by atoms with Gasteiger partial charge in [-0.15, -0.1) is 0 Å². The Hall–Kier alpha value is -1.88. The molecule has 1 aliphatic rings. The molecular weight excluding hydrogens is 266 g/mol. The zero-order valence-electron chi connectivity index (χ0n) is 12.5. The molecule has 0 aliphatic carbocycles. The van der Waals surface area contributed by atoms with E-state index in [1.165, 1.54) is 4.90 Å². The summed E-state index contributed by atoms with van der Waals surface area (Å²) in [6, 6.07) is 7.65. The van der Waals surface area contributed by atoms with Crippen LogP contribution in [0, 0.1) is 0 Å². The summed E-state index contributed by atoms with van der Waals surface area (Å²) in [6.07, 6.45) is 2.41. The lowest BCUT2D eigenvalue weighted by molar-refractivity contribution is -0.138. The van der Waals surface area contributed by atoms with E-state index >= 15 is 0 Å². The van der Waals surface area contributed by atoms with Crippen LogP contribution in [0.4, 0.5) is 0 Å². The number of likely N-dealkylation sites (N-methyl/N-ethyl adjacent to an activating group) is 1. The van der Waals surface area contributed by atoms with E-state index in [-0.39, 0.29) is 24.8 Å². The summed E-state index contributed by atoms with van der Waals surface area (Å²) in [5.74, 6) is -0.0149. The van der Waals surface area contributed by atoms with Gasteiger partial charge in [0.25, 0.3) is 0 Å². The second-order valence-corrected chi connectivity index (χ2v) is 5.49. The lowest BCUT2D eigenvalue weighted by Crippen LogP contribution is -2.40. The molecule has 0 radical (unpaired) electrons. The van der Waals surface area contributed by atoms with Gasteiger partial charge in [0.15, 0.2) is 0 Å². The van der Waals surface area contributed by atoms with Gasteiger partial charge in [0.1, 0.15) is 0 Å². The lowest BCUT2D eigenvalue weighted by atomic mass is 10.0. The first-order chi connectivity index (χ1) is 10.1. The van der Waals surface area contributed by atoms with Crippen LogP contribution in [-0.2, 0) is 22.6 Å². The van der Waals surface area contributed by atoms with Crippen molar-refractivity contribution in [3.8, 4) is 0 Å². The fourth-order valence-electron chi connectivity index (χ4n) is 2.58. The van der Waals surface area contributed by atoms with Crippen LogP contribution in [0.15, 0.2) is 24.3 Å². The highest BCUT2D eigenvalue weighted by Gasteiger charge is 2.21. The molecule has 1 aliphatic heterocycles. The molecule has 1 heterocycles. The molecule has 1 aromatic rings. The van der Waals surface area contributed by atoms with Crippen LogP contribution in [0.2, 0.25) is 0 Å². The number of nitrogens with zero attached hydrogens (tertiary/aromatic N) is 2. The van der Waals surface area contributed by atoms with Gasteiger partial charge >= 0.3 is 0 Å². The standard InChI is InChI=1S/C16H23N3O2/c1-18(12-16(21)19-8-4-5-9-19)15(20)10-13-6-2-3-7-14(13)11-17/h2-3,6-7H,4-5,8-12,17H2,1H3. The molecule has 1 saturated heterocycles. The van der Waals surface area contributed by atoms with Crippen molar-refractivity contribution in [3.63, 3.8) is 0 Å². The quantitative estimate of drug-likeness (QED) is 0.870. The average Bonchev–Trinajstić information content (AvgIpc) is 3.02. The van der Waals surface area contributed by atoms with E-state index in [0.29, 0.717) is 6.54 Å². The maximum Gasteiger partial charge on any atom is 0.242 e. The number of likely N-dealkylation sites (tertiary alicyclic amines) is 1. The third-order valence-electron chi connectivity index (χ3n) is 3.94. The Balaban J connectivity index is 1.91. The van der Waals surface area contributed by atoms with Crippen molar-refractivity contribution < 1.29 is 9.59 Å². The third-order valence-corrected chi connectivity index (χ3v) is 3.94. The SMILES string of the molecule is CN(CC(=O)N1CCCC1)C(=O)Cc1ccccc1CN. The first-order valence-electron chi connectivity index (χ1n) is 7.40. The van der Waals surface area contributed by atoms with Crippen molar-refractivity contribution >= 4 is 11.8 Å². The van der Waals surface area contributed by atoms with Gasteiger partial charge in [-0.1, -0.05) is 24.3 Å². The third kappa shape index (κ3) is 4.04. The molecule has 5 heteroatoms. The number of amides is 2. The maximum atomic E-state index is 12.2. The number of hydrogen-bond acceptors (Lipinski definition) is 3. The second-order valence-electron chi connectivity index (χ2n) is 5.49. The predicted octanol–water partition coefficient (Wildman–Crippen LogP) is 0.769. The van der Waals surface area contributed by atoms with E-state index in [4.69, 9.17) is 5.73 Å². The topological polar surface area (TPSA) is 66.6 Å². The van der Waals surface area contributed by atoms with Crippen LogP contribution < -0.4 is 5.73 Å². The monoisotopic (exact) mass is 289 g/mol. The van der Waals surface area contributed by atoms with Gasteiger partial charge in [0.05, 0.1) is 13.0 Å². The van der Waals surface area contributed by atoms with Crippen molar-refractivity contribution in [2.45, 2.75) is 25.8 Å². The molecule has 114 valence electrons. The van der Waals surface area contributed by atoms with E-state index < -0.39 is 0 Å². The molecule has 0 aromatic heterocycles. The number of carbonyl (C=O) groups is 2. The fourth-order valence-corrected chi connectivity index (χ4v) is 2.58. The van der Waals surface area contributed by atoms with Crippen LogP contribution in [0.5, 0.6) is 0 Å². The van der Waals surface area contributed by atoms with Crippen LogP contribution in [-0.4, -0.2) is 48.3 Å². The van der Waals surface area contributed by atoms with Gasteiger partial charge < -0.3 is 15.5 Å². The largest absolute Gasteiger partial charge is 0.341 e. The van der Waals surface area contributed by atoms with Crippen LogP contribution in [0.3, 0.4) is 0 Å². The summed E-state index contributed by atoms with van der Waals surface area (Å²) in [5, 5.41) is 0. The Bertz CT molecular complexity index is 510. The van der Waals surface area contributed by atoms with Crippen molar-refractivity contribution in [1.29, 1.82) is 0 Å². The number of nitrogens with two attached hydrogens (primary N) is 1. The van der Waals surface area contributed by atoms with Gasteiger partial charge in [-0.2, -0.15) is 0 Å². The molecule has 5 nitrogen and oxygen atoms in total. The minimum Gasteiger partial charge on any atom is -0.341 e. The van der Waals surface area contributed by atoms with Gasteiger partial charge in [0, 0.05) is 26.7 Å². The minimum absolute atomic E-state index is 0.0375. The highest BCUT2D eigenvalue weighted by atomic mass is 16.2. The molecule has 21 heavy (non-hydrogen) atoms. The van der Waals surface area contributed by atoms with Crippen molar-refractivity contribution in [3.05, 3.63) is 35.4 Å². The molecule has 2 N–H and O–H groups in total. The normalized spacial score (nSPS) is 14.3. The van der Waals surface area contributed by atoms with E-state index in [2.05, 4.69) is 0 Å². The molecule has 2 amide bonds. The second kappa shape index (κ2) is 7.22. The highest BCUT2D eigenvalue weighted by molar-refractivity contribution is 5.86. The lowest BCUT2D eigenvalue weighted by Gasteiger charge is -2.21. The van der Waals surface area contributed by atoms with Gasteiger partial charge in [-0.3, -0.25) is 9.59 Å². The molecule has 0 unspecified atom stereocenters. The summed E-state index contributed by atoms with van der Waals surface area (Å²) in [7, 11) is 1.68. The average molecular weight is 289 g/mol. The Morgan fingerprint density at radius 1 is 1.19 bits per heavy atom. The molecule has 0 bridgehead atoms. The molecule has 0 atom stereocenters. The Kier molecular flexibility index (Phi) is 5.33. The number of rotatable bonds is 5. The highest BCUT2D eigenvalue weighted by Crippen LogP contribution is 2.11. The van der Waals surface area contributed by atoms with E-state index in [1.54, 1.807) is 7.05 Å². The Labute approximate surface area is 125 Å². The van der Waals surface area contributed by atoms with Gasteiger partial charge in [-0.25, -0.2) is 0 Å². The smallest absolute Gasteiger partial charge is 0.242 e. The zero-order valence-corrected chi connectivity index (χ0v) is 12.5. The summed E-state index contributed by atoms with van der Waals surface area (Å²) in [6.45, 7) is 2.21. The molecule has 0 spiro atoms. The summed E-state index contributed by atoms with van der Waals surface area (Å²) in [5.41, 5.74) is 7.59. The van der Waals surface area contributed by atoms with E-state index in [1.807, 2.05) is 29.2 Å². The summed E-state index contributed by atoms with van der Waals surface area (Å²) in [4.78, 5) is 27.6. The summed E-state index contributed by atoms with van der Waals surface area (Å²) >= 11 is 0. The molecule has 2 rings (SSSR count). The Morgan fingerprint density at radius 2 is 1.81 bits per heavy atom. The molecule has 0 saturated carbocycles. The minimum atomic E-state index is -0.0524. The fraction of sp³-hybridized carbons (Fsp3) is 0.500. The number of carbonyl (C=O) groups excluding carboxylic acids is 2. The van der Waals surface area contributed by atoms with Crippen LogP contribution in [0.25, 0.3) is 0 Å². The van der Waals surface area contributed by atoms with Crippen molar-refractivity contribution in [2.24, 2.45) is 5.73 Å². The zero-order chi connectivity index (χ0) is 15.2. The first-order valence-corrected chi connectivity index (χ1v) is 7.40. The maximum absolute atomic E-state index is 12.2. The molecular formula is C16H23N3O2. The van der Waals surface area contributed by atoms with E-state index in [9.17, 15) is 9.59 Å². The van der Waals surface area contributed by atoms with E-state index in [0.717, 1.165) is 37.1 Å². The van der Waals surface area contributed by atoms with Gasteiger partial charge in [-0.05, 0) is 24.0 Å². The molecule has 1 fully saturated rings. The molecule has 1 aromatic carbocycles. The summed E-state index contributed by atoms with van der Waals surface area (Å²) < 4.78 is 0. The first kappa shape index (κ1) is 15.5. The Morgan fingerprint density at radius 3 is 2.43 bits per heavy atom. The number of hydrogen-bond donors (Lipinski definition) is 1.